The normalized spacial score (nSPS) is 21.1. The summed E-state index contributed by atoms with van der Waals surface area (Å²) in [7, 11) is 0. The number of thioether (sulfide) groups is 1. The van der Waals surface area contributed by atoms with E-state index in [2.05, 4.69) is 34.1 Å². The van der Waals surface area contributed by atoms with Crippen molar-refractivity contribution in [2.45, 2.75) is 65.0 Å². The third-order valence-electron chi connectivity index (χ3n) is 3.94. The van der Waals surface area contributed by atoms with Crippen LogP contribution in [0.1, 0.15) is 52.9 Å². The summed E-state index contributed by atoms with van der Waals surface area (Å²) in [4.78, 5) is 16.9. The number of halogens is 1. The van der Waals surface area contributed by atoms with Crippen LogP contribution in [-0.2, 0) is 4.79 Å². The van der Waals surface area contributed by atoms with Crippen LogP contribution in [0.2, 0.25) is 0 Å². The van der Waals surface area contributed by atoms with Crippen molar-refractivity contribution in [1.29, 1.82) is 0 Å². The fourth-order valence-corrected chi connectivity index (χ4v) is 3.29. The van der Waals surface area contributed by atoms with E-state index in [0.717, 1.165) is 56.9 Å². The van der Waals surface area contributed by atoms with Crippen molar-refractivity contribution in [2.75, 3.05) is 25.1 Å². The van der Waals surface area contributed by atoms with Gasteiger partial charge < -0.3 is 16.0 Å². The van der Waals surface area contributed by atoms with E-state index in [1.54, 1.807) is 0 Å². The van der Waals surface area contributed by atoms with Gasteiger partial charge in [0.05, 0.1) is 0 Å². The van der Waals surface area contributed by atoms with Gasteiger partial charge in [-0.2, -0.15) is 11.8 Å². The highest BCUT2D eigenvalue weighted by molar-refractivity contribution is 14.0. The average Bonchev–Trinajstić information content (AvgIpc) is 2.51. The molecule has 7 heteroatoms. The first-order valence-corrected chi connectivity index (χ1v) is 10.3. The van der Waals surface area contributed by atoms with E-state index in [9.17, 15) is 4.79 Å². The number of guanidine groups is 1. The van der Waals surface area contributed by atoms with Crippen LogP contribution in [0.15, 0.2) is 4.99 Å². The Bertz CT molecular complexity index is 380. The molecule has 0 saturated heterocycles. The lowest BCUT2D eigenvalue weighted by atomic mass is 9.85. The minimum Gasteiger partial charge on any atom is -0.357 e. The molecule has 1 aliphatic carbocycles. The smallest absolute Gasteiger partial charge is 0.223 e. The first-order chi connectivity index (χ1) is 11.1. The quantitative estimate of drug-likeness (QED) is 0.221. The number of hydrogen-bond donors (Lipinski definition) is 3. The zero-order valence-electron chi connectivity index (χ0n) is 15.6. The van der Waals surface area contributed by atoms with Gasteiger partial charge in [-0.1, -0.05) is 6.42 Å². The molecule has 0 bridgehead atoms. The molecule has 0 spiro atoms. The molecule has 2 atom stereocenters. The molecular weight excluding hydrogens is 435 g/mol. The molecule has 5 nitrogen and oxygen atoms in total. The fourth-order valence-electron chi connectivity index (χ4n) is 2.87. The third-order valence-corrected chi connectivity index (χ3v) is 4.63. The van der Waals surface area contributed by atoms with Crippen molar-refractivity contribution in [3.63, 3.8) is 0 Å². The number of aliphatic imine (C=N–C) groups is 1. The van der Waals surface area contributed by atoms with Crippen molar-refractivity contribution in [3.05, 3.63) is 0 Å². The number of rotatable bonds is 8. The summed E-state index contributed by atoms with van der Waals surface area (Å²) >= 11 is 1.86. The summed E-state index contributed by atoms with van der Waals surface area (Å²) < 4.78 is 0. The van der Waals surface area contributed by atoms with E-state index >= 15 is 0 Å². The molecular formula is C17H35IN4OS. The van der Waals surface area contributed by atoms with Crippen LogP contribution in [0.3, 0.4) is 0 Å². The zero-order valence-corrected chi connectivity index (χ0v) is 18.7. The van der Waals surface area contributed by atoms with Crippen LogP contribution >= 0.6 is 35.7 Å². The zero-order chi connectivity index (χ0) is 17.1. The Labute approximate surface area is 169 Å². The van der Waals surface area contributed by atoms with Crippen LogP contribution in [0.5, 0.6) is 0 Å². The van der Waals surface area contributed by atoms with Gasteiger partial charge in [0.25, 0.3) is 0 Å². The summed E-state index contributed by atoms with van der Waals surface area (Å²) in [5.41, 5.74) is 0. The molecule has 0 aromatic rings. The van der Waals surface area contributed by atoms with E-state index in [-0.39, 0.29) is 41.8 Å². The maximum absolute atomic E-state index is 12.2. The molecule has 1 saturated carbocycles. The number of nitrogens with one attached hydrogen (secondary N) is 3. The van der Waals surface area contributed by atoms with Gasteiger partial charge in [0.15, 0.2) is 5.96 Å². The largest absolute Gasteiger partial charge is 0.357 e. The Kier molecular flexibility index (Phi) is 13.9. The average molecular weight is 470 g/mol. The maximum Gasteiger partial charge on any atom is 0.223 e. The fraction of sp³-hybridized carbons (Fsp3) is 0.882. The second-order valence-corrected chi connectivity index (χ2v) is 7.46. The van der Waals surface area contributed by atoms with Crippen molar-refractivity contribution >= 4 is 47.6 Å². The van der Waals surface area contributed by atoms with E-state index < -0.39 is 0 Å². The Morgan fingerprint density at radius 1 is 1.33 bits per heavy atom. The number of carbonyl (C=O) groups is 1. The van der Waals surface area contributed by atoms with Crippen LogP contribution < -0.4 is 16.0 Å². The predicted octanol–water partition coefficient (Wildman–Crippen LogP) is 3.00. The summed E-state index contributed by atoms with van der Waals surface area (Å²) in [6.45, 7) is 7.82. The second kappa shape index (κ2) is 14.0. The lowest BCUT2D eigenvalue weighted by molar-refractivity contribution is -0.126. The molecule has 0 aromatic carbocycles. The lowest BCUT2D eigenvalue weighted by Gasteiger charge is -2.30. The molecule has 24 heavy (non-hydrogen) atoms. The molecule has 0 aliphatic heterocycles. The first kappa shape index (κ1) is 23.8. The summed E-state index contributed by atoms with van der Waals surface area (Å²) in [5, 5.41) is 9.88. The van der Waals surface area contributed by atoms with Crippen LogP contribution in [-0.4, -0.2) is 49.0 Å². The van der Waals surface area contributed by atoms with Gasteiger partial charge in [0.2, 0.25) is 5.91 Å². The third kappa shape index (κ3) is 9.96. The van der Waals surface area contributed by atoms with Gasteiger partial charge in [-0.3, -0.25) is 9.79 Å². The van der Waals surface area contributed by atoms with Gasteiger partial charge in [0, 0.05) is 31.1 Å². The summed E-state index contributed by atoms with van der Waals surface area (Å²) in [5.74, 6) is 2.36. The molecule has 1 aliphatic rings. The van der Waals surface area contributed by atoms with Gasteiger partial charge in [-0.05, 0) is 58.5 Å². The van der Waals surface area contributed by atoms with Crippen molar-refractivity contribution < 1.29 is 4.79 Å². The highest BCUT2D eigenvalue weighted by atomic mass is 127. The van der Waals surface area contributed by atoms with E-state index in [1.807, 2.05) is 25.6 Å². The van der Waals surface area contributed by atoms with Crippen molar-refractivity contribution in [1.82, 2.24) is 16.0 Å². The molecule has 2 unspecified atom stereocenters. The Morgan fingerprint density at radius 2 is 2.08 bits per heavy atom. The minimum absolute atomic E-state index is 0. The number of amides is 1. The van der Waals surface area contributed by atoms with E-state index in [1.165, 1.54) is 0 Å². The minimum atomic E-state index is 0. The molecule has 0 radical (unpaired) electrons. The van der Waals surface area contributed by atoms with Crippen LogP contribution in [0, 0.1) is 5.92 Å². The predicted molar refractivity (Wildman–Crippen MR) is 117 cm³/mol. The topological polar surface area (TPSA) is 65.5 Å². The number of nitrogens with zero attached hydrogens (tertiary/aromatic N) is 1. The molecule has 3 N–H and O–H groups in total. The SMILES string of the molecule is CCNC(=NCCCSC)NC1CCCC(C(=O)NC(C)C)C1.I. The second-order valence-electron chi connectivity index (χ2n) is 6.48. The molecule has 1 fully saturated rings. The van der Waals surface area contributed by atoms with Crippen molar-refractivity contribution in [3.8, 4) is 0 Å². The first-order valence-electron chi connectivity index (χ1n) is 8.91. The van der Waals surface area contributed by atoms with Gasteiger partial charge in [-0.25, -0.2) is 0 Å². The summed E-state index contributed by atoms with van der Waals surface area (Å²) in [6, 6.07) is 0.552. The molecule has 142 valence electrons. The van der Waals surface area contributed by atoms with Crippen LogP contribution in [0.4, 0.5) is 0 Å². The standard InChI is InChI=1S/C17H34N4OS.HI/c1-5-18-17(19-10-7-11-23-4)21-15-9-6-8-14(12-15)16(22)20-13(2)3;/h13-15H,5-12H2,1-4H3,(H,20,22)(H2,18,19,21);1H. The highest BCUT2D eigenvalue weighted by Gasteiger charge is 2.27. The van der Waals surface area contributed by atoms with Crippen LogP contribution in [0.25, 0.3) is 0 Å². The Hall–Kier alpha value is -0.180. The lowest BCUT2D eigenvalue weighted by Crippen LogP contribution is -2.47. The van der Waals surface area contributed by atoms with Gasteiger partial charge in [0.1, 0.15) is 0 Å². The van der Waals surface area contributed by atoms with Gasteiger partial charge >= 0.3 is 0 Å². The molecule has 0 aromatic heterocycles. The Morgan fingerprint density at radius 3 is 2.71 bits per heavy atom. The molecule has 0 heterocycles. The van der Waals surface area contributed by atoms with Crippen molar-refractivity contribution in [2.24, 2.45) is 10.9 Å². The molecule has 1 amide bonds. The van der Waals surface area contributed by atoms with E-state index in [4.69, 9.17) is 0 Å². The highest BCUT2D eigenvalue weighted by Crippen LogP contribution is 2.24. The Balaban J connectivity index is 0.00000529. The monoisotopic (exact) mass is 470 g/mol. The number of carbonyl (C=O) groups excluding carboxylic acids is 1. The number of hydrogen-bond acceptors (Lipinski definition) is 3. The molecule has 1 rings (SSSR count). The van der Waals surface area contributed by atoms with Gasteiger partial charge in [-0.15, -0.1) is 24.0 Å². The van der Waals surface area contributed by atoms with E-state index in [0.29, 0.717) is 6.04 Å². The maximum atomic E-state index is 12.2. The summed E-state index contributed by atoms with van der Waals surface area (Å²) in [6.07, 6.45) is 7.33.